The molecule has 1 N–H and O–H groups in total. The minimum absolute atomic E-state index is 0.0105. The van der Waals surface area contributed by atoms with Crippen molar-refractivity contribution in [3.8, 4) is 0 Å². The van der Waals surface area contributed by atoms with E-state index in [2.05, 4.69) is 19.2 Å². The largest absolute Gasteiger partial charge is 0.311 e. The van der Waals surface area contributed by atoms with Gasteiger partial charge < -0.3 is 5.32 Å². The average Bonchev–Trinajstić information content (AvgIpc) is 2.41. The molecule has 20 heavy (non-hydrogen) atoms. The maximum Gasteiger partial charge on any atom is 0.243 e. The van der Waals surface area contributed by atoms with Gasteiger partial charge in [-0.2, -0.15) is 4.31 Å². The first-order chi connectivity index (χ1) is 9.41. The molecule has 1 fully saturated rings. The second kappa shape index (κ2) is 6.24. The van der Waals surface area contributed by atoms with E-state index in [0.29, 0.717) is 23.9 Å². The van der Waals surface area contributed by atoms with Gasteiger partial charge >= 0.3 is 0 Å². The van der Waals surface area contributed by atoms with E-state index in [1.54, 1.807) is 28.6 Å². The number of rotatable bonds is 4. The normalized spacial score (nSPS) is 25.0. The summed E-state index contributed by atoms with van der Waals surface area (Å²) in [7, 11) is -3.39. The van der Waals surface area contributed by atoms with Crippen molar-refractivity contribution in [3.05, 3.63) is 30.3 Å². The van der Waals surface area contributed by atoms with Gasteiger partial charge in [0.25, 0.3) is 0 Å². The van der Waals surface area contributed by atoms with Gasteiger partial charge in [-0.3, -0.25) is 0 Å². The minimum atomic E-state index is -3.39. The molecule has 0 radical (unpaired) electrons. The van der Waals surface area contributed by atoms with Crippen molar-refractivity contribution in [2.45, 2.75) is 44.2 Å². The Bertz CT molecular complexity index is 528. The van der Waals surface area contributed by atoms with Crippen LogP contribution in [-0.2, 0) is 10.0 Å². The molecule has 0 aliphatic carbocycles. The van der Waals surface area contributed by atoms with Gasteiger partial charge in [-0.25, -0.2) is 8.42 Å². The second-order valence-corrected chi connectivity index (χ2v) is 7.86. The Morgan fingerprint density at radius 3 is 2.55 bits per heavy atom. The highest BCUT2D eigenvalue weighted by Crippen LogP contribution is 2.22. The average molecular weight is 296 g/mol. The van der Waals surface area contributed by atoms with E-state index < -0.39 is 10.0 Å². The van der Waals surface area contributed by atoms with Crippen molar-refractivity contribution in [2.75, 3.05) is 13.1 Å². The lowest BCUT2D eigenvalue weighted by molar-refractivity contribution is 0.219. The SMILES string of the molecule is CC(C)CC1CN(S(=O)(=O)c2ccccc2)C(C)CN1. The summed E-state index contributed by atoms with van der Waals surface area (Å²) in [5.41, 5.74) is 0. The Labute approximate surface area is 122 Å². The van der Waals surface area contributed by atoms with Gasteiger partial charge in [0.05, 0.1) is 4.90 Å². The lowest BCUT2D eigenvalue weighted by Crippen LogP contribution is -2.57. The zero-order valence-electron chi connectivity index (χ0n) is 12.4. The first-order valence-corrected chi connectivity index (χ1v) is 8.65. The highest BCUT2D eigenvalue weighted by molar-refractivity contribution is 7.89. The van der Waals surface area contributed by atoms with Crippen LogP contribution in [0.15, 0.2) is 35.2 Å². The van der Waals surface area contributed by atoms with Crippen molar-refractivity contribution in [1.29, 1.82) is 0 Å². The third-order valence-corrected chi connectivity index (χ3v) is 5.69. The van der Waals surface area contributed by atoms with Crippen LogP contribution in [0.1, 0.15) is 27.2 Å². The van der Waals surface area contributed by atoms with Gasteiger partial charge in [0.15, 0.2) is 0 Å². The first kappa shape index (κ1) is 15.5. The summed E-state index contributed by atoms with van der Waals surface area (Å²) in [6.45, 7) is 7.55. The van der Waals surface area contributed by atoms with Crippen LogP contribution in [0, 0.1) is 5.92 Å². The molecule has 1 aliphatic heterocycles. The van der Waals surface area contributed by atoms with E-state index in [1.165, 1.54) is 0 Å². The highest BCUT2D eigenvalue weighted by atomic mass is 32.2. The van der Waals surface area contributed by atoms with Crippen LogP contribution in [-0.4, -0.2) is 37.9 Å². The van der Waals surface area contributed by atoms with Crippen LogP contribution in [0.3, 0.4) is 0 Å². The zero-order valence-corrected chi connectivity index (χ0v) is 13.2. The molecule has 1 aliphatic rings. The Balaban J connectivity index is 2.21. The lowest BCUT2D eigenvalue weighted by atomic mass is 10.0. The Hall–Kier alpha value is -0.910. The Morgan fingerprint density at radius 2 is 1.95 bits per heavy atom. The van der Waals surface area contributed by atoms with E-state index in [0.717, 1.165) is 6.42 Å². The third-order valence-electron chi connectivity index (χ3n) is 3.70. The molecule has 0 bridgehead atoms. The molecular weight excluding hydrogens is 272 g/mol. The van der Waals surface area contributed by atoms with Gasteiger partial charge in [-0.15, -0.1) is 0 Å². The summed E-state index contributed by atoms with van der Waals surface area (Å²) in [5, 5.41) is 3.45. The van der Waals surface area contributed by atoms with Gasteiger partial charge in [-0.1, -0.05) is 32.0 Å². The fourth-order valence-corrected chi connectivity index (χ4v) is 4.39. The van der Waals surface area contributed by atoms with Crippen LogP contribution >= 0.6 is 0 Å². The number of piperazine rings is 1. The van der Waals surface area contributed by atoms with E-state index in [4.69, 9.17) is 0 Å². The van der Waals surface area contributed by atoms with Crippen LogP contribution in [0.5, 0.6) is 0 Å². The molecule has 1 heterocycles. The van der Waals surface area contributed by atoms with E-state index in [1.807, 2.05) is 13.0 Å². The minimum Gasteiger partial charge on any atom is -0.311 e. The monoisotopic (exact) mass is 296 g/mol. The van der Waals surface area contributed by atoms with Gasteiger partial charge in [0, 0.05) is 25.2 Å². The molecule has 0 spiro atoms. The van der Waals surface area contributed by atoms with Gasteiger partial charge in [0.2, 0.25) is 10.0 Å². The fourth-order valence-electron chi connectivity index (χ4n) is 2.69. The highest BCUT2D eigenvalue weighted by Gasteiger charge is 2.34. The van der Waals surface area contributed by atoms with Crippen molar-refractivity contribution in [1.82, 2.24) is 9.62 Å². The van der Waals surface area contributed by atoms with Gasteiger partial charge in [-0.05, 0) is 31.4 Å². The number of benzene rings is 1. The molecule has 2 rings (SSSR count). The number of nitrogens with zero attached hydrogens (tertiary/aromatic N) is 1. The van der Waals surface area contributed by atoms with Crippen molar-refractivity contribution >= 4 is 10.0 Å². The molecule has 5 heteroatoms. The third kappa shape index (κ3) is 3.40. The molecular formula is C15H24N2O2S. The maximum absolute atomic E-state index is 12.7. The summed E-state index contributed by atoms with van der Waals surface area (Å²) in [4.78, 5) is 0.386. The maximum atomic E-state index is 12.7. The van der Waals surface area contributed by atoms with Crippen LogP contribution < -0.4 is 5.32 Å². The molecule has 112 valence electrons. The first-order valence-electron chi connectivity index (χ1n) is 7.21. The topological polar surface area (TPSA) is 49.4 Å². The summed E-state index contributed by atoms with van der Waals surface area (Å²) in [5.74, 6) is 0.558. The van der Waals surface area contributed by atoms with Gasteiger partial charge in [0.1, 0.15) is 0 Å². The standard InChI is InChI=1S/C15H24N2O2S/c1-12(2)9-14-11-17(13(3)10-16-14)20(18,19)15-7-5-4-6-8-15/h4-8,12-14,16H,9-11H2,1-3H3. The van der Waals surface area contributed by atoms with Crippen molar-refractivity contribution in [3.63, 3.8) is 0 Å². The molecule has 1 saturated heterocycles. The Kier molecular flexibility index (Phi) is 4.83. The predicted octanol–water partition coefficient (Wildman–Crippen LogP) is 2.08. The summed E-state index contributed by atoms with van der Waals surface area (Å²) >= 11 is 0. The summed E-state index contributed by atoms with van der Waals surface area (Å²) in [6, 6.07) is 8.94. The molecule has 0 saturated carbocycles. The molecule has 1 aromatic carbocycles. The van der Waals surface area contributed by atoms with E-state index in [-0.39, 0.29) is 12.1 Å². The summed E-state index contributed by atoms with van der Waals surface area (Å²) < 4.78 is 27.1. The van der Waals surface area contributed by atoms with Crippen molar-refractivity contribution in [2.24, 2.45) is 5.92 Å². The zero-order chi connectivity index (χ0) is 14.8. The molecule has 2 atom stereocenters. The quantitative estimate of drug-likeness (QED) is 0.925. The number of sulfonamides is 1. The van der Waals surface area contributed by atoms with Crippen LogP contribution in [0.2, 0.25) is 0 Å². The molecule has 1 aromatic rings. The fraction of sp³-hybridized carbons (Fsp3) is 0.600. The second-order valence-electron chi connectivity index (χ2n) is 5.97. The van der Waals surface area contributed by atoms with E-state index in [9.17, 15) is 8.42 Å². The Morgan fingerprint density at radius 1 is 1.30 bits per heavy atom. The van der Waals surface area contributed by atoms with E-state index >= 15 is 0 Å². The molecule has 0 amide bonds. The van der Waals surface area contributed by atoms with Crippen LogP contribution in [0.4, 0.5) is 0 Å². The molecule has 0 aromatic heterocycles. The molecule has 4 nitrogen and oxygen atoms in total. The lowest BCUT2D eigenvalue weighted by Gasteiger charge is -2.38. The number of nitrogens with one attached hydrogen (secondary N) is 1. The van der Waals surface area contributed by atoms with Crippen LogP contribution in [0.25, 0.3) is 0 Å². The number of hydrogen-bond acceptors (Lipinski definition) is 3. The predicted molar refractivity (Wildman–Crippen MR) is 81.0 cm³/mol. The smallest absolute Gasteiger partial charge is 0.243 e. The van der Waals surface area contributed by atoms with Crippen molar-refractivity contribution < 1.29 is 8.42 Å². The number of hydrogen-bond donors (Lipinski definition) is 1. The summed E-state index contributed by atoms with van der Waals surface area (Å²) in [6.07, 6.45) is 0.994. The molecule has 2 unspecified atom stereocenters.